The maximum absolute atomic E-state index is 11.0. The van der Waals surface area contributed by atoms with Crippen molar-refractivity contribution in [2.24, 2.45) is 0 Å². The third kappa shape index (κ3) is 3.82. The molecule has 0 bridgehead atoms. The normalized spacial score (nSPS) is 12.5. The van der Waals surface area contributed by atoms with Gasteiger partial charge in [-0.25, -0.2) is 4.67 Å². The molecule has 0 aliphatic carbocycles. The molecule has 10 heavy (non-hydrogen) atoms. The first-order valence-corrected chi connectivity index (χ1v) is 6.74. The largest absolute Gasteiger partial charge is 0.322 e. The average Bonchev–Trinajstić information content (AvgIpc) is 1.80. The Balaban J connectivity index is 3.94. The molecule has 2 nitrogen and oxygen atoms in total. The summed E-state index contributed by atoms with van der Waals surface area (Å²) in [4.78, 5) is 0. The maximum atomic E-state index is 11.0. The van der Waals surface area contributed by atoms with Gasteiger partial charge < -0.3 is 0 Å². The van der Waals surface area contributed by atoms with Crippen LogP contribution in [-0.2, 0) is 4.57 Å². The van der Waals surface area contributed by atoms with Gasteiger partial charge in [-0.05, 0) is 28.9 Å². The highest BCUT2D eigenvalue weighted by Gasteiger charge is 2.21. The average molecular weight is 204 g/mol. The first-order valence-electron chi connectivity index (χ1n) is 3.27. The van der Waals surface area contributed by atoms with Crippen molar-refractivity contribution in [1.82, 2.24) is 4.67 Å². The standard InChI is InChI=1S/C5H12Cl2NOP/c1-3-5-8(4-2)10(6,7)9/h3-5H2,1-2H3. The van der Waals surface area contributed by atoms with Crippen LogP contribution in [0.2, 0.25) is 0 Å². The topological polar surface area (TPSA) is 20.3 Å². The Kier molecular flexibility index (Phi) is 4.96. The highest BCUT2D eigenvalue weighted by molar-refractivity contribution is 8.06. The molecule has 0 rings (SSSR count). The summed E-state index contributed by atoms with van der Waals surface area (Å²) >= 11 is 10.8. The lowest BCUT2D eigenvalue weighted by Gasteiger charge is -2.19. The molecule has 0 spiro atoms. The van der Waals surface area contributed by atoms with Crippen molar-refractivity contribution in [1.29, 1.82) is 0 Å². The van der Waals surface area contributed by atoms with E-state index in [1.54, 1.807) is 4.67 Å². The van der Waals surface area contributed by atoms with Crippen LogP contribution in [0.3, 0.4) is 0 Å². The molecule has 0 saturated heterocycles. The molecule has 0 aromatic rings. The minimum atomic E-state index is -3.01. The van der Waals surface area contributed by atoms with Crippen molar-refractivity contribution in [3.8, 4) is 0 Å². The summed E-state index contributed by atoms with van der Waals surface area (Å²) in [5, 5.41) is 0. The lowest BCUT2D eigenvalue weighted by molar-refractivity contribution is 0.446. The summed E-state index contributed by atoms with van der Waals surface area (Å²) in [6, 6.07) is 0. The van der Waals surface area contributed by atoms with Crippen LogP contribution in [0.1, 0.15) is 20.3 Å². The molecule has 0 aliphatic rings. The van der Waals surface area contributed by atoms with E-state index in [9.17, 15) is 4.57 Å². The summed E-state index contributed by atoms with van der Waals surface area (Å²) in [5.74, 6) is -3.01. The first kappa shape index (κ1) is 10.8. The molecule has 62 valence electrons. The fourth-order valence-electron chi connectivity index (χ4n) is 0.697. The molecule has 0 fully saturated rings. The van der Waals surface area contributed by atoms with Gasteiger partial charge in [-0.3, -0.25) is 4.57 Å². The molecular formula is C5H12Cl2NOP. The van der Waals surface area contributed by atoms with E-state index < -0.39 is 6.00 Å². The van der Waals surface area contributed by atoms with E-state index in [0.29, 0.717) is 13.1 Å². The highest BCUT2D eigenvalue weighted by Crippen LogP contribution is 2.59. The van der Waals surface area contributed by atoms with E-state index in [0.717, 1.165) is 6.42 Å². The predicted molar refractivity (Wildman–Crippen MR) is 46.9 cm³/mol. The second-order valence-corrected chi connectivity index (χ2v) is 6.68. The Bertz CT molecular complexity index is 136. The van der Waals surface area contributed by atoms with Crippen molar-refractivity contribution < 1.29 is 4.57 Å². The van der Waals surface area contributed by atoms with E-state index in [1.807, 2.05) is 13.8 Å². The Labute approximate surface area is 71.5 Å². The van der Waals surface area contributed by atoms with Crippen molar-refractivity contribution in [2.45, 2.75) is 20.3 Å². The van der Waals surface area contributed by atoms with Gasteiger partial charge in [0.15, 0.2) is 0 Å². The van der Waals surface area contributed by atoms with Crippen LogP contribution in [0.15, 0.2) is 0 Å². The van der Waals surface area contributed by atoms with Crippen molar-refractivity contribution in [3.05, 3.63) is 0 Å². The summed E-state index contributed by atoms with van der Waals surface area (Å²) in [6.45, 7) is 5.21. The molecule has 0 heterocycles. The maximum Gasteiger partial charge on any atom is 0.322 e. The van der Waals surface area contributed by atoms with E-state index in [2.05, 4.69) is 0 Å². The lowest BCUT2D eigenvalue weighted by Crippen LogP contribution is -2.16. The van der Waals surface area contributed by atoms with E-state index in [4.69, 9.17) is 22.5 Å². The Morgan fingerprint density at radius 2 is 1.90 bits per heavy atom. The third-order valence-corrected chi connectivity index (χ3v) is 3.60. The number of halogens is 2. The van der Waals surface area contributed by atoms with Gasteiger partial charge in [0.25, 0.3) is 0 Å². The smallest absolute Gasteiger partial charge is 0.271 e. The summed E-state index contributed by atoms with van der Waals surface area (Å²) in [7, 11) is 0. The van der Waals surface area contributed by atoms with Crippen LogP contribution in [0.4, 0.5) is 0 Å². The van der Waals surface area contributed by atoms with Gasteiger partial charge in [0.1, 0.15) is 0 Å². The van der Waals surface area contributed by atoms with Gasteiger partial charge in [-0.1, -0.05) is 13.8 Å². The Morgan fingerprint density at radius 1 is 1.40 bits per heavy atom. The van der Waals surface area contributed by atoms with Crippen LogP contribution in [0, 0.1) is 0 Å². The number of hydrogen-bond donors (Lipinski definition) is 0. The summed E-state index contributed by atoms with van der Waals surface area (Å²) in [6.07, 6.45) is 0.914. The lowest BCUT2D eigenvalue weighted by atomic mass is 10.5. The molecular weight excluding hydrogens is 192 g/mol. The second-order valence-electron chi connectivity index (χ2n) is 1.98. The zero-order valence-corrected chi connectivity index (χ0v) is 8.59. The highest BCUT2D eigenvalue weighted by atomic mass is 35.9. The summed E-state index contributed by atoms with van der Waals surface area (Å²) in [5.41, 5.74) is 0. The molecule has 0 aromatic heterocycles. The zero-order chi connectivity index (χ0) is 8.20. The quantitative estimate of drug-likeness (QED) is 0.654. The number of nitrogens with zero attached hydrogens (tertiary/aromatic N) is 1. The summed E-state index contributed by atoms with van der Waals surface area (Å²) < 4.78 is 12.6. The van der Waals surface area contributed by atoms with Crippen molar-refractivity contribution in [3.63, 3.8) is 0 Å². The fourth-order valence-corrected chi connectivity index (χ4v) is 2.55. The minimum absolute atomic E-state index is 0.637. The monoisotopic (exact) mass is 203 g/mol. The van der Waals surface area contributed by atoms with Crippen LogP contribution in [-0.4, -0.2) is 17.8 Å². The van der Waals surface area contributed by atoms with E-state index in [1.165, 1.54) is 0 Å². The number of rotatable bonds is 4. The van der Waals surface area contributed by atoms with Gasteiger partial charge in [0.05, 0.1) is 0 Å². The molecule has 0 N–H and O–H groups in total. The van der Waals surface area contributed by atoms with Crippen molar-refractivity contribution in [2.75, 3.05) is 13.1 Å². The fraction of sp³-hybridized carbons (Fsp3) is 1.00. The van der Waals surface area contributed by atoms with Crippen LogP contribution >= 0.6 is 28.5 Å². The van der Waals surface area contributed by atoms with Crippen LogP contribution < -0.4 is 0 Å². The van der Waals surface area contributed by atoms with Gasteiger partial charge >= 0.3 is 6.00 Å². The van der Waals surface area contributed by atoms with Gasteiger partial charge in [0, 0.05) is 13.1 Å². The SMILES string of the molecule is CCCN(CC)P(=O)(Cl)Cl. The molecule has 0 unspecified atom stereocenters. The van der Waals surface area contributed by atoms with E-state index in [-0.39, 0.29) is 0 Å². The predicted octanol–water partition coefficient (Wildman–Crippen LogP) is 3.30. The number of hydrogen-bond acceptors (Lipinski definition) is 1. The van der Waals surface area contributed by atoms with Crippen LogP contribution in [0.5, 0.6) is 0 Å². The molecule has 0 radical (unpaired) electrons. The van der Waals surface area contributed by atoms with Gasteiger partial charge in [-0.2, -0.15) is 0 Å². The molecule has 0 saturated carbocycles. The molecule has 0 aliphatic heterocycles. The van der Waals surface area contributed by atoms with Gasteiger partial charge in [0.2, 0.25) is 0 Å². The van der Waals surface area contributed by atoms with Crippen molar-refractivity contribution >= 4 is 28.5 Å². The second kappa shape index (κ2) is 4.61. The zero-order valence-electron chi connectivity index (χ0n) is 6.18. The Morgan fingerprint density at radius 3 is 2.00 bits per heavy atom. The molecule has 5 heteroatoms. The Hall–Kier alpha value is 0.770. The first-order chi connectivity index (χ1) is 4.52. The minimum Gasteiger partial charge on any atom is -0.271 e. The van der Waals surface area contributed by atoms with Crippen LogP contribution in [0.25, 0.3) is 0 Å². The van der Waals surface area contributed by atoms with E-state index >= 15 is 0 Å². The molecule has 0 aromatic carbocycles. The molecule has 0 atom stereocenters. The third-order valence-electron chi connectivity index (χ3n) is 1.18. The molecule has 0 amide bonds. The van der Waals surface area contributed by atoms with Gasteiger partial charge in [-0.15, -0.1) is 0 Å².